The lowest BCUT2D eigenvalue weighted by atomic mass is 10.0. The fourth-order valence-electron chi connectivity index (χ4n) is 2.39. The van der Waals surface area contributed by atoms with Gasteiger partial charge in [-0.2, -0.15) is 0 Å². The van der Waals surface area contributed by atoms with Gasteiger partial charge >= 0.3 is 5.12 Å². The maximum absolute atomic E-state index is 5.46. The number of hydrogen-bond acceptors (Lipinski definition) is 2. The molecule has 22 heavy (non-hydrogen) atoms. The van der Waals surface area contributed by atoms with Gasteiger partial charge in [-0.05, 0) is 29.7 Å². The molecule has 0 radical (unpaired) electrons. The number of nitrogens with zero attached hydrogens (tertiary/aromatic N) is 1. The van der Waals surface area contributed by atoms with Crippen LogP contribution in [-0.2, 0) is 10.8 Å². The number of rotatable bonds is 4. The standard InChI is InChI=1S/C18H19N2OS/c1-3-21-13(2)22-18-19-16-10-9-15(12-17(16)20-18)11-14-7-5-4-6-8-14/h4-10,12H,3,11H2,1-2H3,(H,19,20)/q+1. The molecule has 0 unspecified atom stereocenters. The minimum absolute atomic E-state index is 0.681. The first-order chi connectivity index (χ1) is 10.7. The molecule has 4 heteroatoms. The second-order valence-corrected chi connectivity index (χ2v) is 6.25. The van der Waals surface area contributed by atoms with Crippen molar-refractivity contribution in [2.75, 3.05) is 6.61 Å². The first kappa shape index (κ1) is 14.9. The Hall–Kier alpha value is -2.07. The summed E-state index contributed by atoms with van der Waals surface area (Å²) in [7, 11) is 0. The molecule has 1 heterocycles. The largest absolute Gasteiger partial charge is 0.358 e. The van der Waals surface area contributed by atoms with Crippen LogP contribution in [0.5, 0.6) is 0 Å². The van der Waals surface area contributed by atoms with E-state index in [2.05, 4.69) is 52.4 Å². The fourth-order valence-corrected chi connectivity index (χ4v) is 3.15. The Morgan fingerprint density at radius 2 is 1.95 bits per heavy atom. The van der Waals surface area contributed by atoms with Crippen LogP contribution in [0.15, 0.2) is 53.7 Å². The smallest absolute Gasteiger partial charge is 0.332 e. The number of nitrogens with one attached hydrogen (secondary N) is 1. The van der Waals surface area contributed by atoms with Gasteiger partial charge in [-0.25, -0.2) is 4.98 Å². The van der Waals surface area contributed by atoms with Gasteiger partial charge in [0, 0.05) is 18.7 Å². The van der Waals surface area contributed by atoms with Gasteiger partial charge in [0.1, 0.15) is 0 Å². The summed E-state index contributed by atoms with van der Waals surface area (Å²) >= 11 is 1.53. The first-order valence-corrected chi connectivity index (χ1v) is 8.23. The van der Waals surface area contributed by atoms with Gasteiger partial charge in [-0.3, -0.25) is 4.42 Å². The molecule has 1 N–H and O–H groups in total. The van der Waals surface area contributed by atoms with Gasteiger partial charge < -0.3 is 4.98 Å². The molecular weight excluding hydrogens is 292 g/mol. The van der Waals surface area contributed by atoms with Gasteiger partial charge in [-0.15, -0.1) is 0 Å². The zero-order valence-electron chi connectivity index (χ0n) is 12.8. The lowest BCUT2D eigenvalue weighted by Crippen LogP contribution is -1.91. The molecule has 0 amide bonds. The lowest BCUT2D eigenvalue weighted by molar-refractivity contribution is -0.449. The number of fused-ring (bicyclic) bond motifs is 1. The Morgan fingerprint density at radius 3 is 2.73 bits per heavy atom. The summed E-state index contributed by atoms with van der Waals surface area (Å²) in [6.45, 7) is 4.63. The fraction of sp³-hybridized carbons (Fsp3) is 0.222. The summed E-state index contributed by atoms with van der Waals surface area (Å²) in [5.41, 5.74) is 4.66. The zero-order valence-corrected chi connectivity index (χ0v) is 13.6. The number of benzene rings is 2. The van der Waals surface area contributed by atoms with Crippen molar-refractivity contribution in [3.63, 3.8) is 0 Å². The molecule has 0 saturated heterocycles. The lowest BCUT2D eigenvalue weighted by Gasteiger charge is -2.01. The van der Waals surface area contributed by atoms with E-state index in [-0.39, 0.29) is 0 Å². The topological polar surface area (TPSA) is 40.0 Å². The Balaban J connectivity index is 1.82. The van der Waals surface area contributed by atoms with E-state index in [9.17, 15) is 0 Å². The van der Waals surface area contributed by atoms with Crippen molar-refractivity contribution < 1.29 is 4.42 Å². The normalized spacial score (nSPS) is 12.0. The number of aromatic amines is 1. The summed E-state index contributed by atoms with van der Waals surface area (Å²) in [6.07, 6.45) is 0.933. The van der Waals surface area contributed by atoms with Crippen LogP contribution < -0.4 is 0 Å². The van der Waals surface area contributed by atoms with Crippen LogP contribution in [0.25, 0.3) is 11.0 Å². The predicted octanol–water partition coefficient (Wildman–Crippen LogP) is 4.35. The van der Waals surface area contributed by atoms with Crippen molar-refractivity contribution in [2.45, 2.75) is 25.4 Å². The molecule has 3 rings (SSSR count). The third kappa shape index (κ3) is 3.57. The monoisotopic (exact) mass is 311 g/mol. The van der Waals surface area contributed by atoms with Crippen LogP contribution in [0.1, 0.15) is 25.0 Å². The quantitative estimate of drug-likeness (QED) is 0.575. The predicted molar refractivity (Wildman–Crippen MR) is 92.4 cm³/mol. The molecule has 3 aromatic rings. The van der Waals surface area contributed by atoms with E-state index in [1.54, 1.807) is 0 Å². The molecule has 0 bridgehead atoms. The Kier molecular flexibility index (Phi) is 4.59. The van der Waals surface area contributed by atoms with E-state index in [0.29, 0.717) is 6.61 Å². The highest BCUT2D eigenvalue weighted by molar-refractivity contribution is 8.13. The molecule has 2 aromatic carbocycles. The summed E-state index contributed by atoms with van der Waals surface area (Å²) in [4.78, 5) is 7.95. The van der Waals surface area contributed by atoms with Gasteiger partial charge in [0.25, 0.3) is 6.61 Å². The third-order valence-corrected chi connectivity index (χ3v) is 4.16. The maximum atomic E-state index is 5.46. The Morgan fingerprint density at radius 1 is 1.14 bits per heavy atom. The van der Waals surface area contributed by atoms with Crippen molar-refractivity contribution in [3.05, 3.63) is 59.7 Å². The van der Waals surface area contributed by atoms with Gasteiger partial charge in [0.15, 0.2) is 5.16 Å². The van der Waals surface area contributed by atoms with Crippen molar-refractivity contribution >= 4 is 27.9 Å². The number of H-pyrrole nitrogens is 1. The van der Waals surface area contributed by atoms with E-state index in [4.69, 9.17) is 4.42 Å². The number of aromatic nitrogens is 2. The molecule has 0 aliphatic rings. The average molecular weight is 311 g/mol. The summed E-state index contributed by atoms with van der Waals surface area (Å²) < 4.78 is 5.46. The molecule has 3 nitrogen and oxygen atoms in total. The van der Waals surface area contributed by atoms with E-state index in [1.807, 2.05) is 19.9 Å². The van der Waals surface area contributed by atoms with Gasteiger partial charge in [-0.1, -0.05) is 36.4 Å². The van der Waals surface area contributed by atoms with Crippen LogP contribution in [-0.4, -0.2) is 21.7 Å². The highest BCUT2D eigenvalue weighted by Gasteiger charge is 2.11. The highest BCUT2D eigenvalue weighted by atomic mass is 32.2. The molecule has 0 aliphatic carbocycles. The SMILES string of the molecule is CC[O+]=C(C)Sc1nc2ccc(Cc3ccccc3)cc2[nH]1. The molecule has 0 aliphatic heterocycles. The van der Waals surface area contributed by atoms with Gasteiger partial charge in [0.2, 0.25) is 0 Å². The van der Waals surface area contributed by atoms with Crippen LogP contribution >= 0.6 is 11.8 Å². The number of imidazole rings is 1. The molecule has 1 aromatic heterocycles. The average Bonchev–Trinajstić information content (AvgIpc) is 2.90. The van der Waals surface area contributed by atoms with Crippen LogP contribution in [0.4, 0.5) is 0 Å². The Bertz CT molecular complexity index is 793. The van der Waals surface area contributed by atoms with E-state index >= 15 is 0 Å². The molecular formula is C18H19N2OS+. The molecule has 0 fully saturated rings. The minimum atomic E-state index is 0.681. The number of thioether (sulfide) groups is 1. The van der Waals surface area contributed by atoms with Crippen molar-refractivity contribution in [1.82, 2.24) is 9.97 Å². The Labute approximate surface area is 134 Å². The summed E-state index contributed by atoms with van der Waals surface area (Å²) in [6, 6.07) is 16.9. The molecule has 0 atom stereocenters. The van der Waals surface area contributed by atoms with E-state index in [0.717, 1.165) is 27.7 Å². The molecule has 0 spiro atoms. The number of hydrogen-bond donors (Lipinski definition) is 1. The summed E-state index contributed by atoms with van der Waals surface area (Å²) in [5.74, 6) is 0. The molecule has 112 valence electrons. The van der Waals surface area contributed by atoms with Crippen LogP contribution in [0, 0.1) is 0 Å². The van der Waals surface area contributed by atoms with Crippen molar-refractivity contribution in [2.24, 2.45) is 0 Å². The van der Waals surface area contributed by atoms with E-state index in [1.165, 1.54) is 22.9 Å². The first-order valence-electron chi connectivity index (χ1n) is 7.41. The number of carbonyl (C=O) groups excluding carboxylic acids is 1. The van der Waals surface area contributed by atoms with Crippen molar-refractivity contribution in [3.8, 4) is 0 Å². The summed E-state index contributed by atoms with van der Waals surface area (Å²) in [5, 5.41) is 1.78. The molecule has 0 saturated carbocycles. The van der Waals surface area contributed by atoms with Crippen LogP contribution in [0.2, 0.25) is 0 Å². The second kappa shape index (κ2) is 6.79. The van der Waals surface area contributed by atoms with Gasteiger partial charge in [0.05, 0.1) is 18.0 Å². The van der Waals surface area contributed by atoms with E-state index < -0.39 is 0 Å². The van der Waals surface area contributed by atoms with Crippen LogP contribution in [0.3, 0.4) is 0 Å². The third-order valence-electron chi connectivity index (χ3n) is 3.36. The van der Waals surface area contributed by atoms with Crippen molar-refractivity contribution in [1.29, 1.82) is 0 Å². The second-order valence-electron chi connectivity index (χ2n) is 5.08. The maximum Gasteiger partial charge on any atom is 0.358 e. The highest BCUT2D eigenvalue weighted by Crippen LogP contribution is 2.22. The minimum Gasteiger partial charge on any atom is -0.332 e. The zero-order chi connectivity index (χ0) is 15.4.